The second kappa shape index (κ2) is 11.4. The van der Waals surface area contributed by atoms with Crippen molar-refractivity contribution in [1.29, 1.82) is 0 Å². The number of hydrogen-bond donors (Lipinski definition) is 0. The van der Waals surface area contributed by atoms with Crippen LogP contribution in [0.5, 0.6) is 5.75 Å². The summed E-state index contributed by atoms with van der Waals surface area (Å²) < 4.78 is 25.4. The van der Waals surface area contributed by atoms with Crippen LogP contribution in [0.1, 0.15) is 21.5 Å². The summed E-state index contributed by atoms with van der Waals surface area (Å²) in [6, 6.07) is 16.5. The quantitative estimate of drug-likeness (QED) is 0.217. The van der Waals surface area contributed by atoms with Crippen LogP contribution in [0.4, 0.5) is 10.1 Å². The van der Waals surface area contributed by atoms with Crippen LogP contribution in [0.2, 0.25) is 0 Å². The highest BCUT2D eigenvalue weighted by Gasteiger charge is 2.30. The number of carbonyl (C=O) groups is 2. The molecule has 1 aliphatic heterocycles. The van der Waals surface area contributed by atoms with Crippen molar-refractivity contribution in [1.82, 2.24) is 4.90 Å². The minimum Gasteiger partial charge on any atom is -0.487 e. The van der Waals surface area contributed by atoms with E-state index in [-0.39, 0.29) is 18.3 Å². The van der Waals surface area contributed by atoms with Crippen molar-refractivity contribution in [3.8, 4) is 5.75 Å². The normalized spacial score (nSPS) is 15.6. The lowest BCUT2D eigenvalue weighted by Gasteiger charge is -2.12. The van der Waals surface area contributed by atoms with Crippen LogP contribution in [0.25, 0.3) is 6.08 Å². The molecule has 0 aromatic heterocycles. The zero-order valence-electron chi connectivity index (χ0n) is 19.1. The molecule has 1 amide bonds. The van der Waals surface area contributed by atoms with Crippen LogP contribution in [-0.2, 0) is 16.1 Å². The van der Waals surface area contributed by atoms with Crippen LogP contribution in [0.3, 0.4) is 0 Å². The Kier molecular flexibility index (Phi) is 8.28. The number of benzene rings is 3. The first kappa shape index (κ1) is 26.1. The predicted octanol–water partition coefficient (Wildman–Crippen LogP) is 6.95. The SMILES string of the molecule is COC(=O)c1ccc(N=C2S/C(=C\c3cc(Br)c(OCc4cccc(F)c4)c(Br)c3)C(=O)N2C)cc1. The fourth-order valence-electron chi connectivity index (χ4n) is 3.29. The summed E-state index contributed by atoms with van der Waals surface area (Å²) in [5.41, 5.74) is 2.52. The molecule has 3 aromatic carbocycles. The van der Waals surface area contributed by atoms with Crippen molar-refractivity contribution in [3.05, 3.63) is 97.0 Å². The maximum Gasteiger partial charge on any atom is 0.337 e. The molecule has 0 unspecified atom stereocenters. The molecular formula is C26H19Br2FN2O4S. The predicted molar refractivity (Wildman–Crippen MR) is 146 cm³/mol. The number of hydrogen-bond acceptors (Lipinski definition) is 6. The average Bonchev–Trinajstić information content (AvgIpc) is 3.11. The van der Waals surface area contributed by atoms with E-state index in [1.807, 2.05) is 12.1 Å². The lowest BCUT2D eigenvalue weighted by atomic mass is 10.2. The monoisotopic (exact) mass is 632 g/mol. The molecule has 0 atom stereocenters. The Morgan fingerprint density at radius 3 is 2.44 bits per heavy atom. The summed E-state index contributed by atoms with van der Waals surface area (Å²) in [5, 5.41) is 0.519. The second-order valence-electron chi connectivity index (χ2n) is 7.64. The van der Waals surface area contributed by atoms with Crippen molar-refractivity contribution in [3.63, 3.8) is 0 Å². The van der Waals surface area contributed by atoms with Crippen LogP contribution in [-0.4, -0.2) is 36.1 Å². The Balaban J connectivity index is 1.51. The lowest BCUT2D eigenvalue weighted by molar-refractivity contribution is -0.121. The molecule has 3 aromatic rings. The molecule has 1 heterocycles. The van der Waals surface area contributed by atoms with Crippen molar-refractivity contribution >= 4 is 72.4 Å². The first-order valence-corrected chi connectivity index (χ1v) is 13.0. The minimum absolute atomic E-state index is 0.177. The Labute approximate surface area is 228 Å². The molecule has 184 valence electrons. The lowest BCUT2D eigenvalue weighted by Crippen LogP contribution is -2.23. The Bertz CT molecular complexity index is 1370. The minimum atomic E-state index is -0.426. The largest absolute Gasteiger partial charge is 0.487 e. The van der Waals surface area contributed by atoms with Gasteiger partial charge in [-0.3, -0.25) is 9.69 Å². The van der Waals surface area contributed by atoms with Crippen molar-refractivity contribution in [2.24, 2.45) is 4.99 Å². The van der Waals surface area contributed by atoms with E-state index in [1.54, 1.807) is 49.5 Å². The van der Waals surface area contributed by atoms with Gasteiger partial charge in [-0.1, -0.05) is 12.1 Å². The molecule has 36 heavy (non-hydrogen) atoms. The van der Waals surface area contributed by atoms with Crippen LogP contribution in [0, 0.1) is 5.82 Å². The zero-order valence-corrected chi connectivity index (χ0v) is 23.1. The van der Waals surface area contributed by atoms with Gasteiger partial charge in [0.2, 0.25) is 0 Å². The molecule has 0 spiro atoms. The average molecular weight is 634 g/mol. The molecule has 0 aliphatic carbocycles. The van der Waals surface area contributed by atoms with E-state index >= 15 is 0 Å². The number of halogens is 3. The highest BCUT2D eigenvalue weighted by Crippen LogP contribution is 2.38. The Morgan fingerprint density at radius 1 is 1.11 bits per heavy atom. The number of likely N-dealkylation sites (N-methyl/N-ethyl adjacent to an activating group) is 1. The maximum absolute atomic E-state index is 13.4. The number of esters is 1. The molecule has 1 fully saturated rings. The summed E-state index contributed by atoms with van der Waals surface area (Å²) in [7, 11) is 2.98. The third-order valence-electron chi connectivity index (χ3n) is 5.11. The van der Waals surface area contributed by atoms with Crippen LogP contribution in [0.15, 0.2) is 79.5 Å². The summed E-state index contributed by atoms with van der Waals surface area (Å²) in [5.74, 6) is -0.351. The third kappa shape index (κ3) is 6.05. The van der Waals surface area contributed by atoms with E-state index in [0.29, 0.717) is 41.6 Å². The van der Waals surface area contributed by atoms with Crippen molar-refractivity contribution in [2.75, 3.05) is 14.2 Å². The van der Waals surface area contributed by atoms with Gasteiger partial charge in [0.25, 0.3) is 5.91 Å². The van der Waals surface area contributed by atoms with Gasteiger partial charge in [0.1, 0.15) is 18.2 Å². The van der Waals surface area contributed by atoms with E-state index in [2.05, 4.69) is 36.9 Å². The van der Waals surface area contributed by atoms with Gasteiger partial charge in [0, 0.05) is 7.05 Å². The third-order valence-corrected chi connectivity index (χ3v) is 7.35. The first-order chi connectivity index (χ1) is 17.2. The van der Waals surface area contributed by atoms with Gasteiger partial charge in [-0.15, -0.1) is 0 Å². The highest BCUT2D eigenvalue weighted by atomic mass is 79.9. The molecule has 6 nitrogen and oxygen atoms in total. The zero-order chi connectivity index (χ0) is 25.8. The standard InChI is InChI=1S/C26H19Br2FN2O4S/c1-31-24(32)22(36-26(31)30-19-8-6-17(7-9-19)25(33)34-2)13-16-11-20(27)23(21(28)12-16)35-14-15-4-3-5-18(29)10-15/h3-13H,14H2,1-2H3/b22-13-,30-26?. The smallest absolute Gasteiger partial charge is 0.337 e. The fourth-order valence-corrected chi connectivity index (χ4v) is 5.72. The molecule has 0 N–H and O–H groups in total. The van der Waals surface area contributed by atoms with Gasteiger partial charge in [-0.2, -0.15) is 0 Å². The number of nitrogens with zero attached hydrogens (tertiary/aromatic N) is 2. The van der Waals surface area contributed by atoms with Gasteiger partial charge in [-0.25, -0.2) is 14.2 Å². The molecule has 0 saturated carbocycles. The maximum atomic E-state index is 13.4. The molecule has 1 saturated heterocycles. The number of thioether (sulfide) groups is 1. The summed E-state index contributed by atoms with van der Waals surface area (Å²) in [6.45, 7) is 0.203. The van der Waals surface area contributed by atoms with E-state index < -0.39 is 5.97 Å². The first-order valence-electron chi connectivity index (χ1n) is 10.6. The second-order valence-corrected chi connectivity index (χ2v) is 10.4. The van der Waals surface area contributed by atoms with E-state index in [9.17, 15) is 14.0 Å². The van der Waals surface area contributed by atoms with Crippen LogP contribution >= 0.6 is 43.6 Å². The highest BCUT2D eigenvalue weighted by molar-refractivity contribution is 9.11. The molecule has 4 rings (SSSR count). The van der Waals surface area contributed by atoms with E-state index in [1.165, 1.54) is 35.9 Å². The van der Waals surface area contributed by atoms with Crippen molar-refractivity contribution in [2.45, 2.75) is 6.61 Å². The molecule has 0 radical (unpaired) electrons. The number of ether oxygens (including phenoxy) is 2. The Morgan fingerprint density at radius 2 is 1.81 bits per heavy atom. The van der Waals surface area contributed by atoms with Crippen molar-refractivity contribution < 1.29 is 23.5 Å². The molecule has 10 heteroatoms. The van der Waals surface area contributed by atoms with E-state index in [4.69, 9.17) is 9.47 Å². The summed E-state index contributed by atoms with van der Waals surface area (Å²) in [6.07, 6.45) is 1.78. The van der Waals surface area contributed by atoms with Gasteiger partial charge >= 0.3 is 5.97 Å². The van der Waals surface area contributed by atoms with Gasteiger partial charge in [0.05, 0.1) is 32.2 Å². The molecule has 1 aliphatic rings. The summed E-state index contributed by atoms with van der Waals surface area (Å²) >= 11 is 8.30. The molecular weight excluding hydrogens is 615 g/mol. The topological polar surface area (TPSA) is 68.2 Å². The van der Waals surface area contributed by atoms with Gasteiger partial charge < -0.3 is 9.47 Å². The summed E-state index contributed by atoms with van der Waals surface area (Å²) in [4.78, 5) is 31.0. The number of amidine groups is 1. The number of carbonyl (C=O) groups excluding carboxylic acids is 2. The number of amides is 1. The van der Waals surface area contributed by atoms with E-state index in [0.717, 1.165) is 5.56 Å². The fraction of sp³-hybridized carbons (Fsp3) is 0.115. The van der Waals surface area contributed by atoms with Crippen LogP contribution < -0.4 is 4.74 Å². The number of aliphatic imine (C=N–C) groups is 1. The van der Waals surface area contributed by atoms with Gasteiger partial charge in [-0.05, 0) is 109 Å². The Hall–Kier alpha value is -2.95. The number of methoxy groups -OCH3 is 1. The number of rotatable bonds is 6. The molecule has 0 bridgehead atoms. The van der Waals surface area contributed by atoms with Gasteiger partial charge in [0.15, 0.2) is 5.17 Å².